The minimum absolute atomic E-state index is 0.256. The fourth-order valence-corrected chi connectivity index (χ4v) is 1.33. The van der Waals surface area contributed by atoms with Crippen LogP contribution in [0.4, 0.5) is 10.1 Å². The van der Waals surface area contributed by atoms with E-state index >= 15 is 0 Å². The van der Waals surface area contributed by atoms with Crippen LogP contribution in [0.3, 0.4) is 0 Å². The molecule has 1 aliphatic rings. The van der Waals surface area contributed by atoms with Crippen LogP contribution >= 0.6 is 0 Å². The van der Waals surface area contributed by atoms with Crippen molar-refractivity contribution < 1.29 is 14.1 Å². The van der Waals surface area contributed by atoms with Gasteiger partial charge in [0.1, 0.15) is 5.60 Å². The van der Waals surface area contributed by atoms with Crippen LogP contribution in [0, 0.1) is 15.9 Å². The van der Waals surface area contributed by atoms with E-state index in [0.717, 1.165) is 6.07 Å². The highest BCUT2D eigenvalue weighted by atomic mass is 19.1. The van der Waals surface area contributed by atoms with Gasteiger partial charge in [-0.25, -0.2) is 0 Å². The molecular formula is C9H8FNO3. The van der Waals surface area contributed by atoms with Gasteiger partial charge in [0.15, 0.2) is 0 Å². The molecule has 1 fully saturated rings. The number of nitrogens with zero attached hydrogens (tertiary/aromatic N) is 1. The Kier molecular flexibility index (Phi) is 1.78. The molecule has 0 saturated carbocycles. The molecule has 1 heterocycles. The molecule has 74 valence electrons. The van der Waals surface area contributed by atoms with Gasteiger partial charge in [-0.15, -0.1) is 0 Å². The van der Waals surface area contributed by atoms with Crippen molar-refractivity contribution in [2.75, 3.05) is 6.61 Å². The Morgan fingerprint density at radius 2 is 2.29 bits per heavy atom. The number of rotatable bonds is 2. The lowest BCUT2D eigenvalue weighted by Crippen LogP contribution is -2.07. The Morgan fingerprint density at radius 1 is 1.64 bits per heavy atom. The Bertz CT molecular complexity index is 401. The molecule has 1 aliphatic heterocycles. The molecule has 1 saturated heterocycles. The zero-order valence-electron chi connectivity index (χ0n) is 7.49. The SMILES string of the molecule is CC1(c2cccc([N+](=O)[O-])c2F)CO1. The molecule has 5 heteroatoms. The van der Waals surface area contributed by atoms with E-state index in [9.17, 15) is 14.5 Å². The number of hydrogen-bond donors (Lipinski definition) is 0. The number of halogens is 1. The lowest BCUT2D eigenvalue weighted by molar-refractivity contribution is -0.387. The van der Waals surface area contributed by atoms with Crippen LogP contribution < -0.4 is 0 Å². The lowest BCUT2D eigenvalue weighted by Gasteiger charge is -2.06. The van der Waals surface area contributed by atoms with E-state index in [0.29, 0.717) is 6.61 Å². The summed E-state index contributed by atoms with van der Waals surface area (Å²) < 4.78 is 18.6. The second-order valence-corrected chi connectivity index (χ2v) is 3.42. The highest BCUT2D eigenvalue weighted by Gasteiger charge is 2.44. The van der Waals surface area contributed by atoms with Crippen molar-refractivity contribution in [1.82, 2.24) is 0 Å². The molecule has 4 nitrogen and oxygen atoms in total. The van der Waals surface area contributed by atoms with E-state index in [-0.39, 0.29) is 5.56 Å². The topological polar surface area (TPSA) is 55.7 Å². The van der Waals surface area contributed by atoms with Crippen molar-refractivity contribution in [3.05, 3.63) is 39.7 Å². The summed E-state index contributed by atoms with van der Waals surface area (Å²) in [7, 11) is 0. The number of epoxide rings is 1. The predicted molar refractivity (Wildman–Crippen MR) is 46.4 cm³/mol. The van der Waals surface area contributed by atoms with Gasteiger partial charge in [0.25, 0.3) is 0 Å². The average Bonchev–Trinajstić information content (AvgIpc) is 2.84. The van der Waals surface area contributed by atoms with Gasteiger partial charge in [-0.1, -0.05) is 12.1 Å². The molecule has 1 atom stereocenters. The van der Waals surface area contributed by atoms with Crippen molar-refractivity contribution in [2.45, 2.75) is 12.5 Å². The normalized spacial score (nSPS) is 24.7. The molecule has 0 aliphatic carbocycles. The van der Waals surface area contributed by atoms with Crippen molar-refractivity contribution in [3.8, 4) is 0 Å². The largest absolute Gasteiger partial charge is 0.365 e. The van der Waals surface area contributed by atoms with Gasteiger partial charge in [-0.3, -0.25) is 10.1 Å². The van der Waals surface area contributed by atoms with Crippen molar-refractivity contribution in [2.24, 2.45) is 0 Å². The van der Waals surface area contributed by atoms with E-state index in [1.807, 2.05) is 0 Å². The Hall–Kier alpha value is -1.49. The lowest BCUT2D eigenvalue weighted by atomic mass is 10.0. The number of nitro benzene ring substituents is 1. The monoisotopic (exact) mass is 197 g/mol. The molecule has 1 unspecified atom stereocenters. The van der Waals surface area contributed by atoms with Crippen LogP contribution in [0.25, 0.3) is 0 Å². The predicted octanol–water partition coefficient (Wildman–Crippen LogP) is 1.98. The molecule has 0 spiro atoms. The number of ether oxygens (including phenoxy) is 1. The van der Waals surface area contributed by atoms with E-state index in [1.165, 1.54) is 12.1 Å². The molecule has 0 amide bonds. The van der Waals surface area contributed by atoms with E-state index in [4.69, 9.17) is 4.74 Å². The van der Waals surface area contributed by atoms with Crippen molar-refractivity contribution in [3.63, 3.8) is 0 Å². The highest BCUT2D eigenvalue weighted by molar-refractivity contribution is 5.40. The molecular weight excluding hydrogens is 189 g/mol. The van der Waals surface area contributed by atoms with E-state index in [2.05, 4.69) is 0 Å². The van der Waals surface area contributed by atoms with Crippen molar-refractivity contribution >= 4 is 5.69 Å². The molecule has 2 rings (SSSR count). The van der Waals surface area contributed by atoms with Crippen molar-refractivity contribution in [1.29, 1.82) is 0 Å². The Balaban J connectivity index is 2.52. The second kappa shape index (κ2) is 2.75. The van der Waals surface area contributed by atoms with E-state index < -0.39 is 22.0 Å². The number of hydrogen-bond acceptors (Lipinski definition) is 3. The van der Waals surface area contributed by atoms with Gasteiger partial charge in [-0.2, -0.15) is 4.39 Å². The van der Waals surface area contributed by atoms with Crippen LogP contribution in [-0.4, -0.2) is 11.5 Å². The smallest absolute Gasteiger partial charge is 0.305 e. The minimum Gasteiger partial charge on any atom is -0.365 e. The van der Waals surface area contributed by atoms with Gasteiger partial charge < -0.3 is 4.74 Å². The highest BCUT2D eigenvalue weighted by Crippen LogP contribution is 2.40. The fourth-order valence-electron chi connectivity index (χ4n) is 1.33. The first-order chi connectivity index (χ1) is 6.54. The maximum atomic E-state index is 13.5. The zero-order chi connectivity index (χ0) is 10.3. The first-order valence-corrected chi connectivity index (χ1v) is 4.12. The summed E-state index contributed by atoms with van der Waals surface area (Å²) >= 11 is 0. The van der Waals surface area contributed by atoms with Crippen LogP contribution in [0.1, 0.15) is 12.5 Å². The molecule has 1 aromatic carbocycles. The molecule has 0 N–H and O–H groups in total. The summed E-state index contributed by atoms with van der Waals surface area (Å²) in [6.07, 6.45) is 0. The third-order valence-corrected chi connectivity index (χ3v) is 2.32. The molecule has 14 heavy (non-hydrogen) atoms. The van der Waals surface area contributed by atoms with Gasteiger partial charge in [0, 0.05) is 11.6 Å². The van der Waals surface area contributed by atoms with Gasteiger partial charge in [0.2, 0.25) is 5.82 Å². The third-order valence-electron chi connectivity index (χ3n) is 2.32. The summed E-state index contributed by atoms with van der Waals surface area (Å²) in [4.78, 5) is 9.71. The molecule has 0 bridgehead atoms. The minimum atomic E-state index is -0.794. The maximum absolute atomic E-state index is 13.5. The van der Waals surface area contributed by atoms with Gasteiger partial charge in [0.05, 0.1) is 11.5 Å². The second-order valence-electron chi connectivity index (χ2n) is 3.42. The number of nitro groups is 1. The van der Waals surface area contributed by atoms with Gasteiger partial charge >= 0.3 is 5.69 Å². The Morgan fingerprint density at radius 3 is 2.79 bits per heavy atom. The van der Waals surface area contributed by atoms with Crippen LogP contribution in [0.5, 0.6) is 0 Å². The molecule has 0 aromatic heterocycles. The first-order valence-electron chi connectivity index (χ1n) is 4.12. The summed E-state index contributed by atoms with van der Waals surface area (Å²) in [6.45, 7) is 2.11. The van der Waals surface area contributed by atoms with E-state index in [1.54, 1.807) is 6.92 Å². The summed E-state index contributed by atoms with van der Waals surface area (Å²) in [5.74, 6) is -0.794. The molecule has 1 aromatic rings. The summed E-state index contributed by atoms with van der Waals surface area (Å²) in [5.41, 5.74) is -0.915. The fraction of sp³-hybridized carbons (Fsp3) is 0.333. The average molecular weight is 197 g/mol. The third kappa shape index (κ3) is 1.26. The van der Waals surface area contributed by atoms with Crippen LogP contribution in [-0.2, 0) is 10.3 Å². The summed E-state index contributed by atoms with van der Waals surface area (Å²) in [6, 6.07) is 4.11. The van der Waals surface area contributed by atoms with Gasteiger partial charge in [-0.05, 0) is 6.92 Å². The summed E-state index contributed by atoms with van der Waals surface area (Å²) in [5, 5.41) is 10.4. The van der Waals surface area contributed by atoms with Crippen LogP contribution in [0.15, 0.2) is 18.2 Å². The van der Waals surface area contributed by atoms with Crippen LogP contribution in [0.2, 0.25) is 0 Å². The maximum Gasteiger partial charge on any atom is 0.305 e. The quantitative estimate of drug-likeness (QED) is 0.413. The number of benzene rings is 1. The Labute approximate surface area is 79.5 Å². The standard InChI is InChI=1S/C9H8FNO3/c1-9(5-14-9)6-3-2-4-7(8(6)10)11(12)13/h2-4H,5H2,1H3. The first kappa shape index (κ1) is 9.08. The molecule has 0 radical (unpaired) electrons. The zero-order valence-corrected chi connectivity index (χ0v) is 7.49.